The number of para-hydroxylation sites is 1. The molecule has 0 bridgehead atoms. The first-order valence-corrected chi connectivity index (χ1v) is 10.2. The van der Waals surface area contributed by atoms with Crippen LogP contribution < -0.4 is 4.74 Å². The predicted molar refractivity (Wildman–Crippen MR) is 120 cm³/mol. The average Bonchev–Trinajstić information content (AvgIpc) is 2.71. The molecule has 0 aromatic heterocycles. The highest BCUT2D eigenvalue weighted by Crippen LogP contribution is 2.45. The van der Waals surface area contributed by atoms with E-state index in [1.807, 2.05) is 0 Å². The summed E-state index contributed by atoms with van der Waals surface area (Å²) in [6.45, 7) is 3.14. The number of hydrogen-bond donors (Lipinski definition) is 2. The van der Waals surface area contributed by atoms with E-state index in [1.54, 1.807) is 56.3 Å². The Hall–Kier alpha value is -2.77. The molecule has 0 aliphatic heterocycles. The number of alkyl halides is 3. The topological polar surface area (TPSA) is 62.0 Å². The number of fused-ring (bicyclic) bond motifs is 1. The molecule has 32 heavy (non-hydrogen) atoms. The molecule has 8 heteroatoms. The van der Waals surface area contributed by atoms with Gasteiger partial charge in [0.25, 0.3) is 0 Å². The number of halogens is 4. The standard InChI is InChI=1S/C24H23ClF3NO3/c1-22(2,17-9-6-10-18(25)21(17)32-3)13-23(31,24(26,27)28)14-29-19-11-4-8-16-15(19)7-5-12-20(16)30/h4-12,14,30-31H,13H2,1-3H3/b29-14+. The van der Waals surface area contributed by atoms with Crippen LogP contribution in [0.15, 0.2) is 59.6 Å². The summed E-state index contributed by atoms with van der Waals surface area (Å²) in [6, 6.07) is 14.2. The van der Waals surface area contributed by atoms with E-state index in [0.717, 1.165) is 0 Å². The molecule has 3 aromatic rings. The summed E-state index contributed by atoms with van der Waals surface area (Å²) >= 11 is 6.15. The molecule has 0 spiro atoms. The molecule has 1 atom stereocenters. The third-order valence-corrected chi connectivity index (χ3v) is 5.69. The molecular weight excluding hydrogens is 443 g/mol. The van der Waals surface area contributed by atoms with Crippen LogP contribution in [-0.4, -0.2) is 35.3 Å². The van der Waals surface area contributed by atoms with E-state index in [4.69, 9.17) is 16.3 Å². The molecule has 0 saturated carbocycles. The lowest BCUT2D eigenvalue weighted by Crippen LogP contribution is -2.50. The number of phenolic OH excluding ortho intramolecular Hbond substituents is 1. The van der Waals surface area contributed by atoms with Gasteiger partial charge in [0.1, 0.15) is 11.5 Å². The highest BCUT2D eigenvalue weighted by atomic mass is 35.5. The van der Waals surface area contributed by atoms with Crippen molar-refractivity contribution in [2.75, 3.05) is 7.11 Å². The van der Waals surface area contributed by atoms with Gasteiger partial charge in [-0.25, -0.2) is 0 Å². The number of rotatable bonds is 6. The Morgan fingerprint density at radius 1 is 1.00 bits per heavy atom. The van der Waals surface area contributed by atoms with Crippen LogP contribution in [0, 0.1) is 0 Å². The van der Waals surface area contributed by atoms with E-state index in [-0.39, 0.29) is 22.2 Å². The number of methoxy groups -OCH3 is 1. The summed E-state index contributed by atoms with van der Waals surface area (Å²) in [4.78, 5) is 3.99. The molecule has 1 unspecified atom stereocenters. The van der Waals surface area contributed by atoms with Gasteiger partial charge in [0, 0.05) is 22.6 Å². The minimum Gasteiger partial charge on any atom is -0.507 e. The summed E-state index contributed by atoms with van der Waals surface area (Å²) in [5.41, 5.74) is -3.79. The molecule has 4 nitrogen and oxygen atoms in total. The lowest BCUT2D eigenvalue weighted by molar-refractivity contribution is -0.234. The predicted octanol–water partition coefficient (Wildman–Crippen LogP) is 6.57. The van der Waals surface area contributed by atoms with Crippen molar-refractivity contribution in [1.82, 2.24) is 0 Å². The Labute approximate surface area is 188 Å². The molecular formula is C24H23ClF3NO3. The minimum absolute atomic E-state index is 0.0141. The van der Waals surface area contributed by atoms with Gasteiger partial charge in [-0.2, -0.15) is 13.2 Å². The zero-order valence-corrected chi connectivity index (χ0v) is 18.5. The fourth-order valence-electron chi connectivity index (χ4n) is 3.80. The number of aliphatic hydroxyl groups is 1. The van der Waals surface area contributed by atoms with Crippen LogP contribution >= 0.6 is 11.6 Å². The zero-order valence-electron chi connectivity index (χ0n) is 17.7. The number of aliphatic imine (C=N–C) groups is 1. The molecule has 170 valence electrons. The van der Waals surface area contributed by atoms with Gasteiger partial charge in [0.15, 0.2) is 5.60 Å². The number of nitrogens with zero attached hydrogens (tertiary/aromatic N) is 1. The molecule has 3 aromatic carbocycles. The number of aromatic hydroxyl groups is 1. The monoisotopic (exact) mass is 465 g/mol. The largest absolute Gasteiger partial charge is 0.507 e. The molecule has 0 aliphatic carbocycles. The average molecular weight is 466 g/mol. The van der Waals surface area contributed by atoms with Gasteiger partial charge in [-0.15, -0.1) is 0 Å². The zero-order chi connectivity index (χ0) is 23.7. The summed E-state index contributed by atoms with van der Waals surface area (Å²) < 4.78 is 47.5. The number of phenols is 1. The van der Waals surface area contributed by atoms with Crippen molar-refractivity contribution in [1.29, 1.82) is 0 Å². The van der Waals surface area contributed by atoms with Crippen LogP contribution in [0.25, 0.3) is 10.8 Å². The molecule has 0 fully saturated rings. The summed E-state index contributed by atoms with van der Waals surface area (Å²) in [5, 5.41) is 21.9. The van der Waals surface area contributed by atoms with E-state index in [0.29, 0.717) is 22.6 Å². The van der Waals surface area contributed by atoms with Crippen molar-refractivity contribution < 1.29 is 28.1 Å². The third-order valence-electron chi connectivity index (χ3n) is 5.40. The molecule has 3 rings (SSSR count). The van der Waals surface area contributed by atoms with E-state index in [2.05, 4.69) is 4.99 Å². The fraction of sp³-hybridized carbons (Fsp3) is 0.292. The Morgan fingerprint density at radius 3 is 2.28 bits per heavy atom. The summed E-state index contributed by atoms with van der Waals surface area (Å²) in [7, 11) is 1.38. The van der Waals surface area contributed by atoms with Crippen molar-refractivity contribution >= 4 is 34.3 Å². The second-order valence-corrected chi connectivity index (χ2v) is 8.62. The minimum atomic E-state index is -4.99. The van der Waals surface area contributed by atoms with Crippen molar-refractivity contribution in [2.45, 2.75) is 37.5 Å². The maximum atomic E-state index is 14.1. The molecule has 0 radical (unpaired) electrons. The van der Waals surface area contributed by atoms with E-state index in [1.165, 1.54) is 19.2 Å². The quantitative estimate of drug-likeness (QED) is 0.405. The first kappa shape index (κ1) is 23.9. The summed E-state index contributed by atoms with van der Waals surface area (Å²) in [5.74, 6) is 0.241. The van der Waals surface area contributed by atoms with E-state index in [9.17, 15) is 23.4 Å². The highest BCUT2D eigenvalue weighted by Gasteiger charge is 2.55. The number of benzene rings is 3. The first-order chi connectivity index (χ1) is 14.9. The van der Waals surface area contributed by atoms with Gasteiger partial charge in [-0.1, -0.05) is 61.8 Å². The van der Waals surface area contributed by atoms with Crippen molar-refractivity contribution in [2.24, 2.45) is 4.99 Å². The Balaban J connectivity index is 2.05. The number of ether oxygens (including phenoxy) is 1. The maximum absolute atomic E-state index is 14.1. The van der Waals surface area contributed by atoms with Crippen LogP contribution in [-0.2, 0) is 5.41 Å². The van der Waals surface area contributed by atoms with Gasteiger partial charge in [0.05, 0.1) is 17.8 Å². The van der Waals surface area contributed by atoms with Gasteiger partial charge < -0.3 is 14.9 Å². The molecule has 0 aliphatic rings. The van der Waals surface area contributed by atoms with Crippen molar-refractivity contribution in [3.05, 3.63) is 65.2 Å². The molecule has 2 N–H and O–H groups in total. The van der Waals surface area contributed by atoms with Crippen LogP contribution in [0.1, 0.15) is 25.8 Å². The normalized spacial score (nSPS) is 14.6. The highest BCUT2D eigenvalue weighted by molar-refractivity contribution is 6.32. The van der Waals surface area contributed by atoms with E-state index >= 15 is 0 Å². The van der Waals surface area contributed by atoms with Crippen LogP contribution in [0.2, 0.25) is 5.02 Å². The third kappa shape index (κ3) is 4.54. The molecule has 0 amide bonds. The van der Waals surface area contributed by atoms with E-state index < -0.39 is 23.6 Å². The van der Waals surface area contributed by atoms with Crippen LogP contribution in [0.4, 0.5) is 18.9 Å². The van der Waals surface area contributed by atoms with Gasteiger partial charge >= 0.3 is 6.18 Å². The second kappa shape index (κ2) is 8.64. The van der Waals surface area contributed by atoms with Crippen molar-refractivity contribution in [3.8, 4) is 11.5 Å². The lowest BCUT2D eigenvalue weighted by Gasteiger charge is -2.36. The summed E-state index contributed by atoms with van der Waals surface area (Å²) in [6.07, 6.45) is -5.20. The van der Waals surface area contributed by atoms with Gasteiger partial charge in [0.2, 0.25) is 0 Å². The Bertz CT molecular complexity index is 1160. The van der Waals surface area contributed by atoms with Gasteiger partial charge in [-0.05, 0) is 30.0 Å². The fourth-order valence-corrected chi connectivity index (χ4v) is 4.05. The maximum Gasteiger partial charge on any atom is 0.422 e. The molecule has 0 saturated heterocycles. The van der Waals surface area contributed by atoms with Crippen molar-refractivity contribution in [3.63, 3.8) is 0 Å². The van der Waals surface area contributed by atoms with Crippen LogP contribution in [0.5, 0.6) is 11.5 Å². The SMILES string of the molecule is COc1c(Cl)cccc1C(C)(C)CC(O)(/C=N/c1cccc2c(O)cccc12)C(F)(F)F. The van der Waals surface area contributed by atoms with Crippen LogP contribution in [0.3, 0.4) is 0 Å². The van der Waals surface area contributed by atoms with Gasteiger partial charge in [-0.3, -0.25) is 4.99 Å². The smallest absolute Gasteiger partial charge is 0.422 e. The lowest BCUT2D eigenvalue weighted by atomic mass is 9.75. The Morgan fingerprint density at radius 2 is 1.62 bits per heavy atom. The first-order valence-electron chi connectivity index (χ1n) is 9.78. The molecule has 0 heterocycles. The number of hydrogen-bond acceptors (Lipinski definition) is 4. The Kier molecular flexibility index (Phi) is 6.45. The second-order valence-electron chi connectivity index (χ2n) is 8.21.